The zero-order valence-electron chi connectivity index (χ0n) is 24.8. The molecule has 0 aliphatic carbocycles. The van der Waals surface area contributed by atoms with Crippen molar-refractivity contribution in [2.45, 2.75) is 59.8 Å². The number of hydrogen-bond donors (Lipinski definition) is 0. The number of amides is 1. The fraction of sp³-hybridized carbons (Fsp3) is 0.562. The smallest absolute Gasteiger partial charge is 0.313 e. The van der Waals surface area contributed by atoms with E-state index in [9.17, 15) is 9.59 Å². The molecular weight excluding hydrogens is 561 g/mol. The highest BCUT2D eigenvalue weighted by Gasteiger charge is 2.35. The molecule has 2 aliphatic heterocycles. The van der Waals surface area contributed by atoms with Crippen molar-refractivity contribution in [1.82, 2.24) is 4.90 Å². The first-order chi connectivity index (χ1) is 19.6. The third-order valence-electron chi connectivity index (χ3n) is 8.73. The second kappa shape index (κ2) is 14.1. The van der Waals surface area contributed by atoms with Gasteiger partial charge in [0.2, 0.25) is 5.91 Å². The van der Waals surface area contributed by atoms with Crippen molar-refractivity contribution in [1.29, 1.82) is 0 Å². The molecule has 0 saturated carbocycles. The number of anilines is 2. The van der Waals surface area contributed by atoms with Crippen LogP contribution in [0.1, 0.15) is 58.9 Å². The van der Waals surface area contributed by atoms with Gasteiger partial charge in [-0.3, -0.25) is 19.4 Å². The number of halogens is 2. The molecule has 1 atom stereocenters. The van der Waals surface area contributed by atoms with Crippen molar-refractivity contribution < 1.29 is 19.1 Å². The van der Waals surface area contributed by atoms with E-state index in [1.54, 1.807) is 4.90 Å². The minimum absolute atomic E-state index is 0.0403. The molecule has 9 heteroatoms. The highest BCUT2D eigenvalue weighted by molar-refractivity contribution is 6.43. The first-order valence-electron chi connectivity index (χ1n) is 14.8. The molecule has 7 nitrogen and oxygen atoms in total. The highest BCUT2D eigenvalue weighted by atomic mass is 35.5. The molecule has 1 unspecified atom stereocenters. The lowest BCUT2D eigenvalue weighted by atomic mass is 9.78. The number of fused-ring (bicyclic) bond motifs is 1. The summed E-state index contributed by atoms with van der Waals surface area (Å²) in [5.41, 5.74) is 2.22. The minimum atomic E-state index is -0.612. The van der Waals surface area contributed by atoms with E-state index in [1.165, 1.54) is 0 Å². The van der Waals surface area contributed by atoms with Crippen LogP contribution in [0.5, 0.6) is 5.75 Å². The number of nitrogens with zero attached hydrogens (tertiary/aromatic N) is 3. The number of benzene rings is 2. The molecule has 2 aromatic rings. The number of hydrogen-bond acceptors (Lipinski definition) is 6. The molecule has 1 amide bonds. The van der Waals surface area contributed by atoms with Crippen LogP contribution in [-0.4, -0.2) is 62.8 Å². The van der Waals surface area contributed by atoms with Crippen molar-refractivity contribution in [3.05, 3.63) is 52.0 Å². The summed E-state index contributed by atoms with van der Waals surface area (Å²) >= 11 is 12.6. The maximum Gasteiger partial charge on any atom is 0.313 e. The van der Waals surface area contributed by atoms with Gasteiger partial charge in [-0.05, 0) is 69.3 Å². The predicted octanol–water partition coefficient (Wildman–Crippen LogP) is 6.83. The van der Waals surface area contributed by atoms with Gasteiger partial charge in [0.15, 0.2) is 6.73 Å². The van der Waals surface area contributed by atoms with E-state index in [1.807, 2.05) is 57.2 Å². The molecule has 0 spiro atoms. The molecule has 0 radical (unpaired) electrons. The van der Waals surface area contributed by atoms with Crippen molar-refractivity contribution in [2.24, 2.45) is 11.3 Å². The second-order valence-electron chi connectivity index (χ2n) is 11.7. The van der Waals surface area contributed by atoms with Gasteiger partial charge >= 0.3 is 5.97 Å². The molecule has 2 aliphatic rings. The molecule has 224 valence electrons. The van der Waals surface area contributed by atoms with Gasteiger partial charge in [0.1, 0.15) is 5.75 Å². The summed E-state index contributed by atoms with van der Waals surface area (Å²) < 4.78 is 11.7. The summed E-state index contributed by atoms with van der Waals surface area (Å²) in [5.74, 6) is 0.578. The lowest BCUT2D eigenvalue weighted by Gasteiger charge is -2.36. The van der Waals surface area contributed by atoms with Crippen LogP contribution in [0.2, 0.25) is 10.0 Å². The summed E-state index contributed by atoms with van der Waals surface area (Å²) in [4.78, 5) is 31.9. The first-order valence-corrected chi connectivity index (χ1v) is 15.5. The van der Waals surface area contributed by atoms with Gasteiger partial charge in [-0.2, -0.15) is 0 Å². The van der Waals surface area contributed by atoms with E-state index in [2.05, 4.69) is 16.7 Å². The van der Waals surface area contributed by atoms with Crippen LogP contribution >= 0.6 is 23.2 Å². The Morgan fingerprint density at radius 3 is 2.51 bits per heavy atom. The van der Waals surface area contributed by atoms with Crippen LogP contribution in [0, 0.1) is 11.3 Å². The third-order valence-corrected chi connectivity index (χ3v) is 9.54. The van der Waals surface area contributed by atoms with Gasteiger partial charge in [0, 0.05) is 38.7 Å². The maximum atomic E-state index is 12.8. The Bertz CT molecular complexity index is 1210. The van der Waals surface area contributed by atoms with Crippen LogP contribution in [0.15, 0.2) is 36.4 Å². The SMILES string of the molecule is CCC(C)C(C)(C)C(=O)OCN1C(=O)CCc2ccc(OCCCCN3CCN(c4cccc(Cl)c4Cl)CC3)cc21. The van der Waals surface area contributed by atoms with E-state index in [0.717, 1.165) is 74.7 Å². The highest BCUT2D eigenvalue weighted by Crippen LogP contribution is 2.35. The number of esters is 1. The van der Waals surface area contributed by atoms with E-state index in [4.69, 9.17) is 32.7 Å². The Morgan fingerprint density at radius 1 is 1.02 bits per heavy atom. The largest absolute Gasteiger partial charge is 0.494 e. The normalized spacial score (nSPS) is 16.9. The second-order valence-corrected chi connectivity index (χ2v) is 12.4. The van der Waals surface area contributed by atoms with Crippen molar-refractivity contribution in [2.75, 3.05) is 55.9 Å². The van der Waals surface area contributed by atoms with Crippen LogP contribution < -0.4 is 14.5 Å². The third kappa shape index (κ3) is 7.68. The molecule has 41 heavy (non-hydrogen) atoms. The minimum Gasteiger partial charge on any atom is -0.494 e. The van der Waals surface area contributed by atoms with Crippen LogP contribution in [0.25, 0.3) is 0 Å². The van der Waals surface area contributed by atoms with Crippen LogP contribution in [0.4, 0.5) is 11.4 Å². The molecule has 2 aromatic carbocycles. The van der Waals surface area contributed by atoms with Gasteiger partial charge in [-0.1, -0.05) is 55.6 Å². The zero-order valence-corrected chi connectivity index (χ0v) is 26.3. The Labute approximate surface area is 254 Å². The summed E-state index contributed by atoms with van der Waals surface area (Å²) in [7, 11) is 0. The average Bonchev–Trinajstić information content (AvgIpc) is 2.97. The van der Waals surface area contributed by atoms with Crippen molar-refractivity contribution in [3.63, 3.8) is 0 Å². The number of carbonyl (C=O) groups excluding carboxylic acids is 2. The van der Waals surface area contributed by atoms with Gasteiger partial charge in [0.05, 0.1) is 33.4 Å². The van der Waals surface area contributed by atoms with Crippen molar-refractivity contribution >= 4 is 46.5 Å². The maximum absolute atomic E-state index is 12.8. The fourth-order valence-electron chi connectivity index (χ4n) is 5.35. The van der Waals surface area contributed by atoms with Gasteiger partial charge in [-0.15, -0.1) is 0 Å². The molecular formula is C32H43Cl2N3O4. The molecule has 0 aromatic heterocycles. The zero-order chi connectivity index (χ0) is 29.6. The van der Waals surface area contributed by atoms with Crippen molar-refractivity contribution in [3.8, 4) is 5.75 Å². The molecule has 0 bridgehead atoms. The molecule has 0 N–H and O–H groups in total. The Morgan fingerprint density at radius 2 is 1.78 bits per heavy atom. The lowest BCUT2D eigenvalue weighted by molar-refractivity contribution is -0.157. The standard InChI is InChI=1S/C32H43Cl2N3O4/c1-5-23(2)32(3,4)31(39)41-22-37-28-21-25(13-11-24(28)12-14-29(37)38)40-20-7-6-15-35-16-18-36(19-17-35)27-10-8-9-26(33)30(27)34/h8-11,13,21,23H,5-7,12,14-20,22H2,1-4H3. The van der Waals surface area contributed by atoms with E-state index < -0.39 is 5.41 Å². The van der Waals surface area contributed by atoms with E-state index in [-0.39, 0.29) is 24.5 Å². The topological polar surface area (TPSA) is 62.3 Å². The summed E-state index contributed by atoms with van der Waals surface area (Å²) in [6.45, 7) is 13.3. The van der Waals surface area contributed by atoms with Crippen LogP contribution in [0.3, 0.4) is 0 Å². The first kappa shape index (κ1) is 31.5. The summed E-state index contributed by atoms with van der Waals surface area (Å²) in [5, 5.41) is 1.22. The number of carbonyl (C=O) groups is 2. The molecule has 2 heterocycles. The van der Waals surface area contributed by atoms with E-state index in [0.29, 0.717) is 29.5 Å². The van der Waals surface area contributed by atoms with E-state index >= 15 is 0 Å². The predicted molar refractivity (Wildman–Crippen MR) is 166 cm³/mol. The Kier molecular flexibility index (Phi) is 10.8. The summed E-state index contributed by atoms with van der Waals surface area (Å²) in [6.07, 6.45) is 3.93. The molecule has 1 saturated heterocycles. The van der Waals surface area contributed by atoms with Gasteiger partial charge in [0.25, 0.3) is 0 Å². The number of ether oxygens (including phenoxy) is 2. The quantitative estimate of drug-likeness (QED) is 0.196. The Balaban J connectivity index is 1.23. The van der Waals surface area contributed by atoms with Gasteiger partial charge < -0.3 is 14.4 Å². The number of rotatable bonds is 12. The lowest BCUT2D eigenvalue weighted by Crippen LogP contribution is -2.46. The molecule has 4 rings (SSSR count). The Hall–Kier alpha value is -2.48. The average molecular weight is 605 g/mol. The molecule has 1 fully saturated rings. The number of piperazine rings is 1. The van der Waals surface area contributed by atoms with Crippen LogP contribution in [-0.2, 0) is 20.7 Å². The monoisotopic (exact) mass is 603 g/mol. The fourth-order valence-corrected chi connectivity index (χ4v) is 5.76. The number of aryl methyl sites for hydroxylation is 1. The van der Waals surface area contributed by atoms with Gasteiger partial charge in [-0.25, -0.2) is 0 Å². The number of unbranched alkanes of at least 4 members (excludes halogenated alkanes) is 1. The summed E-state index contributed by atoms with van der Waals surface area (Å²) in [6, 6.07) is 11.7.